The Kier molecular flexibility index (Phi) is 12.4. The molecule has 0 aliphatic carbocycles. The summed E-state index contributed by atoms with van der Waals surface area (Å²) in [5.41, 5.74) is 0.701. The van der Waals surface area contributed by atoms with Gasteiger partial charge in [0.05, 0.1) is 7.11 Å². The summed E-state index contributed by atoms with van der Waals surface area (Å²) in [6.07, 6.45) is 0.583. The standard InChI is InChI=1S/C7H7F.C3H7NO2.C2H6/c1-6-4-2-3-5-7(6)8;1-4(3-5)6-2;1-2/h2-5H,1H3;3H,1-2H3;1-2H3. The third-order valence-electron chi connectivity index (χ3n) is 1.51. The Hall–Kier alpha value is -1.42. The van der Waals surface area contributed by atoms with Gasteiger partial charge in [0, 0.05) is 7.05 Å². The van der Waals surface area contributed by atoms with Crippen LogP contribution in [0.15, 0.2) is 24.3 Å². The Balaban J connectivity index is 0. The third kappa shape index (κ3) is 9.15. The normalized spacial score (nSPS) is 7.88. The van der Waals surface area contributed by atoms with Gasteiger partial charge in [0.15, 0.2) is 0 Å². The lowest BCUT2D eigenvalue weighted by molar-refractivity contribution is -0.153. The van der Waals surface area contributed by atoms with Gasteiger partial charge in [-0.2, -0.15) is 0 Å². The maximum atomic E-state index is 12.3. The van der Waals surface area contributed by atoms with Crippen molar-refractivity contribution in [1.29, 1.82) is 0 Å². The topological polar surface area (TPSA) is 29.5 Å². The van der Waals surface area contributed by atoms with Crippen LogP contribution in [0.5, 0.6) is 0 Å². The monoisotopic (exact) mass is 229 g/mol. The number of carbonyl (C=O) groups is 1. The molecule has 0 aromatic heterocycles. The molecule has 1 aromatic carbocycles. The van der Waals surface area contributed by atoms with E-state index >= 15 is 0 Å². The van der Waals surface area contributed by atoms with E-state index in [1.165, 1.54) is 20.2 Å². The number of carbonyl (C=O) groups excluding carboxylic acids is 1. The summed E-state index contributed by atoms with van der Waals surface area (Å²) in [5, 5.41) is 1.07. The Morgan fingerprint density at radius 2 is 1.81 bits per heavy atom. The number of amides is 1. The lowest BCUT2D eigenvalue weighted by Crippen LogP contribution is -2.12. The molecule has 1 amide bonds. The maximum Gasteiger partial charge on any atom is 0.233 e. The van der Waals surface area contributed by atoms with Crippen molar-refractivity contribution in [3.63, 3.8) is 0 Å². The van der Waals surface area contributed by atoms with Crippen molar-refractivity contribution in [2.45, 2.75) is 20.8 Å². The summed E-state index contributed by atoms with van der Waals surface area (Å²) < 4.78 is 12.3. The first-order chi connectivity index (χ1) is 7.61. The molecule has 3 nitrogen and oxygen atoms in total. The average molecular weight is 229 g/mol. The fourth-order valence-electron chi connectivity index (χ4n) is 0.594. The van der Waals surface area contributed by atoms with Crippen LogP contribution in [0, 0.1) is 12.7 Å². The zero-order chi connectivity index (χ0) is 13.0. The number of hydrogen-bond acceptors (Lipinski definition) is 2. The highest BCUT2D eigenvalue weighted by Crippen LogP contribution is 2.01. The van der Waals surface area contributed by atoms with Gasteiger partial charge in [0.2, 0.25) is 6.41 Å². The molecule has 0 unspecified atom stereocenters. The molecule has 16 heavy (non-hydrogen) atoms. The van der Waals surface area contributed by atoms with Gasteiger partial charge < -0.3 is 0 Å². The molecule has 0 heterocycles. The number of rotatable bonds is 2. The molecule has 0 bridgehead atoms. The molecule has 0 spiro atoms. The van der Waals surface area contributed by atoms with Crippen LogP contribution in [0.3, 0.4) is 0 Å². The van der Waals surface area contributed by atoms with Crippen molar-refractivity contribution in [2.24, 2.45) is 0 Å². The minimum absolute atomic E-state index is 0.132. The summed E-state index contributed by atoms with van der Waals surface area (Å²) in [4.78, 5) is 13.9. The minimum atomic E-state index is -0.132. The quantitative estimate of drug-likeness (QED) is 0.576. The summed E-state index contributed by atoms with van der Waals surface area (Å²) in [5.74, 6) is -0.132. The molecule has 0 fully saturated rings. The van der Waals surface area contributed by atoms with E-state index in [1.54, 1.807) is 19.1 Å². The van der Waals surface area contributed by atoms with Crippen LogP contribution >= 0.6 is 0 Å². The van der Waals surface area contributed by atoms with Crippen LogP contribution in [0.2, 0.25) is 0 Å². The molecular weight excluding hydrogens is 209 g/mol. The van der Waals surface area contributed by atoms with Crippen molar-refractivity contribution in [3.8, 4) is 0 Å². The number of hydroxylamine groups is 2. The molecule has 0 saturated heterocycles. The highest BCUT2D eigenvalue weighted by molar-refractivity contribution is 5.44. The van der Waals surface area contributed by atoms with Crippen molar-refractivity contribution in [3.05, 3.63) is 35.6 Å². The van der Waals surface area contributed by atoms with Crippen LogP contribution in [-0.2, 0) is 9.63 Å². The molecule has 0 saturated carbocycles. The predicted molar refractivity (Wildman–Crippen MR) is 63.3 cm³/mol. The summed E-state index contributed by atoms with van der Waals surface area (Å²) in [7, 11) is 2.95. The fourth-order valence-corrected chi connectivity index (χ4v) is 0.594. The Morgan fingerprint density at radius 1 is 1.31 bits per heavy atom. The molecule has 0 N–H and O–H groups in total. The highest BCUT2D eigenvalue weighted by Gasteiger charge is 1.88. The van der Waals surface area contributed by atoms with Gasteiger partial charge in [-0.25, -0.2) is 9.45 Å². The SMILES string of the molecule is CC.CON(C)C=O.Cc1ccccc1F. The molecular formula is C12H20FNO2. The van der Waals surface area contributed by atoms with Gasteiger partial charge in [0.1, 0.15) is 5.82 Å². The van der Waals surface area contributed by atoms with E-state index in [0.717, 1.165) is 5.06 Å². The van der Waals surface area contributed by atoms with Crippen molar-refractivity contribution < 1.29 is 14.0 Å². The highest BCUT2D eigenvalue weighted by atomic mass is 19.1. The van der Waals surface area contributed by atoms with Gasteiger partial charge in [-0.15, -0.1) is 0 Å². The molecule has 4 heteroatoms. The lowest BCUT2D eigenvalue weighted by atomic mass is 10.2. The molecule has 0 atom stereocenters. The van der Waals surface area contributed by atoms with Crippen LogP contribution in [0.4, 0.5) is 4.39 Å². The van der Waals surface area contributed by atoms with Crippen LogP contribution < -0.4 is 0 Å². The van der Waals surface area contributed by atoms with Crippen molar-refractivity contribution in [1.82, 2.24) is 5.06 Å². The second-order valence-corrected chi connectivity index (χ2v) is 2.58. The Bertz CT molecular complexity index is 258. The maximum absolute atomic E-state index is 12.3. The second kappa shape index (κ2) is 11.7. The number of benzene rings is 1. The van der Waals surface area contributed by atoms with E-state index in [1.807, 2.05) is 19.9 Å². The molecule has 92 valence electrons. The van der Waals surface area contributed by atoms with E-state index in [4.69, 9.17) is 0 Å². The smallest absolute Gasteiger partial charge is 0.233 e. The number of aryl methyl sites for hydroxylation is 1. The van der Waals surface area contributed by atoms with E-state index in [2.05, 4.69) is 4.84 Å². The Labute approximate surface area is 96.8 Å². The average Bonchev–Trinajstić information content (AvgIpc) is 2.35. The third-order valence-corrected chi connectivity index (χ3v) is 1.51. The van der Waals surface area contributed by atoms with E-state index in [9.17, 15) is 9.18 Å². The largest absolute Gasteiger partial charge is 0.276 e. The van der Waals surface area contributed by atoms with Gasteiger partial charge in [-0.3, -0.25) is 9.63 Å². The van der Waals surface area contributed by atoms with E-state index in [-0.39, 0.29) is 5.82 Å². The molecule has 1 aromatic rings. The Morgan fingerprint density at radius 3 is 2.00 bits per heavy atom. The number of halogens is 1. The lowest BCUT2D eigenvalue weighted by Gasteiger charge is -2.02. The summed E-state index contributed by atoms with van der Waals surface area (Å²) >= 11 is 0. The molecule has 0 aliphatic heterocycles. The first kappa shape index (κ1) is 17.0. The zero-order valence-corrected chi connectivity index (χ0v) is 10.5. The van der Waals surface area contributed by atoms with Crippen LogP contribution in [-0.4, -0.2) is 25.6 Å². The predicted octanol–water partition coefficient (Wildman–Crippen LogP) is 2.80. The molecule has 1 rings (SSSR count). The van der Waals surface area contributed by atoms with Crippen LogP contribution in [0.1, 0.15) is 19.4 Å². The van der Waals surface area contributed by atoms with Gasteiger partial charge in [-0.05, 0) is 18.6 Å². The minimum Gasteiger partial charge on any atom is -0.276 e. The number of nitrogens with zero attached hydrogens (tertiary/aromatic N) is 1. The van der Waals surface area contributed by atoms with Gasteiger partial charge in [0.25, 0.3) is 0 Å². The fraction of sp³-hybridized carbons (Fsp3) is 0.417. The van der Waals surface area contributed by atoms with Gasteiger partial charge >= 0.3 is 0 Å². The van der Waals surface area contributed by atoms with E-state index in [0.29, 0.717) is 12.0 Å². The van der Waals surface area contributed by atoms with E-state index < -0.39 is 0 Å². The van der Waals surface area contributed by atoms with Crippen molar-refractivity contribution in [2.75, 3.05) is 14.2 Å². The first-order valence-electron chi connectivity index (χ1n) is 5.05. The second-order valence-electron chi connectivity index (χ2n) is 2.58. The first-order valence-corrected chi connectivity index (χ1v) is 5.05. The number of hydrogen-bond donors (Lipinski definition) is 0. The van der Waals surface area contributed by atoms with Crippen molar-refractivity contribution >= 4 is 6.41 Å². The molecule has 0 aliphatic rings. The summed E-state index contributed by atoms with van der Waals surface area (Å²) in [6.45, 7) is 5.75. The van der Waals surface area contributed by atoms with Gasteiger partial charge in [-0.1, -0.05) is 32.0 Å². The van der Waals surface area contributed by atoms with Crippen LogP contribution in [0.25, 0.3) is 0 Å². The molecule has 0 radical (unpaired) electrons. The zero-order valence-electron chi connectivity index (χ0n) is 10.5. The summed E-state index contributed by atoms with van der Waals surface area (Å²) in [6, 6.07) is 6.70.